The molecule has 7 heteroatoms. The molecule has 3 aromatic rings. The van der Waals surface area contributed by atoms with Gasteiger partial charge in [0.05, 0.1) is 11.8 Å². The molecule has 2 heterocycles. The topological polar surface area (TPSA) is 68.0 Å². The van der Waals surface area contributed by atoms with Crippen LogP contribution in [0.4, 0.5) is 0 Å². The molecule has 0 spiro atoms. The quantitative estimate of drug-likeness (QED) is 0.649. The summed E-state index contributed by atoms with van der Waals surface area (Å²) in [6.45, 7) is 6.08. The highest BCUT2D eigenvalue weighted by molar-refractivity contribution is 7.99. The SMILES string of the molecule is Cc1ccc(-c2nnc(SCC(=O)N[C@H](C)c3cccs3)o2)cc1C. The standard InChI is InChI=1S/C18H19N3O2S2/c1-11-6-7-14(9-12(11)2)17-20-21-18(23-17)25-10-16(22)19-13(3)15-5-4-8-24-15/h4-9,13H,10H2,1-3H3,(H,19,22)/t13-/m1/s1. The molecule has 0 fully saturated rings. The molecular weight excluding hydrogens is 354 g/mol. The number of nitrogens with one attached hydrogen (secondary N) is 1. The molecule has 0 unspecified atom stereocenters. The molecule has 1 atom stereocenters. The maximum atomic E-state index is 12.1. The van der Waals surface area contributed by atoms with Gasteiger partial charge in [-0.3, -0.25) is 4.79 Å². The minimum atomic E-state index is -0.0585. The van der Waals surface area contributed by atoms with Crippen LogP contribution in [0.5, 0.6) is 0 Å². The van der Waals surface area contributed by atoms with Gasteiger partial charge in [-0.1, -0.05) is 23.9 Å². The van der Waals surface area contributed by atoms with Crippen LogP contribution in [0.3, 0.4) is 0 Å². The van der Waals surface area contributed by atoms with Crippen LogP contribution in [0.25, 0.3) is 11.5 Å². The lowest BCUT2D eigenvalue weighted by molar-refractivity contribution is -0.119. The van der Waals surface area contributed by atoms with Crippen molar-refractivity contribution < 1.29 is 9.21 Å². The average Bonchev–Trinajstić information content (AvgIpc) is 3.27. The Bertz CT molecular complexity index is 859. The molecule has 0 radical (unpaired) electrons. The third-order valence-electron chi connectivity index (χ3n) is 3.83. The van der Waals surface area contributed by atoms with Crippen LogP contribution < -0.4 is 5.32 Å². The summed E-state index contributed by atoms with van der Waals surface area (Å²) in [6, 6.07) is 10.00. The van der Waals surface area contributed by atoms with Crippen molar-refractivity contribution in [1.29, 1.82) is 0 Å². The largest absolute Gasteiger partial charge is 0.411 e. The molecule has 3 rings (SSSR count). The van der Waals surface area contributed by atoms with Gasteiger partial charge in [-0.25, -0.2) is 0 Å². The van der Waals surface area contributed by atoms with E-state index in [0.717, 1.165) is 10.4 Å². The molecule has 1 amide bonds. The van der Waals surface area contributed by atoms with E-state index in [9.17, 15) is 4.79 Å². The molecule has 0 aliphatic rings. The predicted octanol–water partition coefficient (Wildman–Crippen LogP) is 4.38. The second-order valence-electron chi connectivity index (χ2n) is 5.77. The Hall–Kier alpha value is -2.12. The molecule has 0 aliphatic heterocycles. The van der Waals surface area contributed by atoms with E-state index in [2.05, 4.69) is 22.4 Å². The highest BCUT2D eigenvalue weighted by atomic mass is 32.2. The minimum absolute atomic E-state index is 0.00174. The lowest BCUT2D eigenvalue weighted by Crippen LogP contribution is -2.27. The van der Waals surface area contributed by atoms with Crippen molar-refractivity contribution in [3.05, 3.63) is 51.7 Å². The van der Waals surface area contributed by atoms with E-state index >= 15 is 0 Å². The number of carbonyl (C=O) groups excluding carboxylic acids is 1. The maximum absolute atomic E-state index is 12.1. The van der Waals surface area contributed by atoms with Gasteiger partial charge in [-0.15, -0.1) is 21.5 Å². The van der Waals surface area contributed by atoms with Crippen LogP contribution in [0.15, 0.2) is 45.4 Å². The monoisotopic (exact) mass is 373 g/mol. The highest BCUT2D eigenvalue weighted by Gasteiger charge is 2.14. The fraction of sp³-hybridized carbons (Fsp3) is 0.278. The Balaban J connectivity index is 1.56. The van der Waals surface area contributed by atoms with Gasteiger partial charge >= 0.3 is 0 Å². The summed E-state index contributed by atoms with van der Waals surface area (Å²) in [4.78, 5) is 13.2. The van der Waals surface area contributed by atoms with Crippen molar-refractivity contribution in [3.8, 4) is 11.5 Å². The van der Waals surface area contributed by atoms with Crippen LogP contribution in [0, 0.1) is 13.8 Å². The van der Waals surface area contributed by atoms with Crippen molar-refractivity contribution in [2.45, 2.75) is 32.0 Å². The lowest BCUT2D eigenvalue weighted by atomic mass is 10.1. The second kappa shape index (κ2) is 7.84. The molecule has 1 N–H and O–H groups in total. The van der Waals surface area contributed by atoms with Crippen molar-refractivity contribution in [2.75, 3.05) is 5.75 Å². The number of benzene rings is 1. The first kappa shape index (κ1) is 17.7. The van der Waals surface area contributed by atoms with Crippen molar-refractivity contribution in [2.24, 2.45) is 0 Å². The molecule has 0 aliphatic carbocycles. The first-order chi connectivity index (χ1) is 12.0. The van der Waals surface area contributed by atoms with Crippen LogP contribution in [-0.4, -0.2) is 21.9 Å². The molecule has 25 heavy (non-hydrogen) atoms. The van der Waals surface area contributed by atoms with E-state index in [1.54, 1.807) is 11.3 Å². The molecule has 130 valence electrons. The number of nitrogens with zero attached hydrogens (tertiary/aromatic N) is 2. The van der Waals surface area contributed by atoms with Gasteiger partial charge in [0, 0.05) is 10.4 Å². The summed E-state index contributed by atoms with van der Waals surface area (Å²) in [6.07, 6.45) is 0. The third-order valence-corrected chi connectivity index (χ3v) is 5.71. The first-order valence-electron chi connectivity index (χ1n) is 7.89. The number of rotatable bonds is 6. The van der Waals surface area contributed by atoms with Crippen LogP contribution in [0.2, 0.25) is 0 Å². The Morgan fingerprint density at radius 1 is 1.28 bits per heavy atom. The lowest BCUT2D eigenvalue weighted by Gasteiger charge is -2.11. The average molecular weight is 374 g/mol. The van der Waals surface area contributed by atoms with E-state index in [-0.39, 0.29) is 17.7 Å². The summed E-state index contributed by atoms with van der Waals surface area (Å²) in [7, 11) is 0. The predicted molar refractivity (Wildman–Crippen MR) is 101 cm³/mol. The fourth-order valence-corrected chi connectivity index (χ4v) is 3.59. The van der Waals surface area contributed by atoms with Crippen molar-refractivity contribution in [1.82, 2.24) is 15.5 Å². The second-order valence-corrected chi connectivity index (χ2v) is 7.67. The van der Waals surface area contributed by atoms with Crippen LogP contribution in [-0.2, 0) is 4.79 Å². The van der Waals surface area contributed by atoms with Gasteiger partial charge in [-0.2, -0.15) is 0 Å². The van der Waals surface area contributed by atoms with Gasteiger partial charge in [-0.05, 0) is 55.5 Å². The Kier molecular flexibility index (Phi) is 5.55. The Morgan fingerprint density at radius 3 is 2.84 bits per heavy atom. The molecule has 1 aromatic carbocycles. The zero-order valence-corrected chi connectivity index (χ0v) is 15.9. The van der Waals surface area contributed by atoms with Crippen molar-refractivity contribution >= 4 is 29.0 Å². The normalized spacial score (nSPS) is 12.1. The third kappa shape index (κ3) is 4.49. The van der Waals surface area contributed by atoms with E-state index in [4.69, 9.17) is 4.42 Å². The highest BCUT2D eigenvalue weighted by Crippen LogP contribution is 2.25. The summed E-state index contributed by atoms with van der Waals surface area (Å²) in [5, 5.41) is 13.4. The zero-order chi connectivity index (χ0) is 17.8. The van der Waals surface area contributed by atoms with Gasteiger partial charge in [0.2, 0.25) is 11.8 Å². The van der Waals surface area contributed by atoms with Gasteiger partial charge in [0.25, 0.3) is 5.22 Å². The summed E-state index contributed by atoms with van der Waals surface area (Å²) < 4.78 is 5.65. The molecule has 0 bridgehead atoms. The summed E-state index contributed by atoms with van der Waals surface area (Å²) in [5.41, 5.74) is 3.28. The van der Waals surface area contributed by atoms with E-state index in [0.29, 0.717) is 11.1 Å². The number of aromatic nitrogens is 2. The van der Waals surface area contributed by atoms with E-state index < -0.39 is 0 Å². The van der Waals surface area contributed by atoms with Crippen LogP contribution in [0.1, 0.15) is 29.0 Å². The minimum Gasteiger partial charge on any atom is -0.411 e. The number of aryl methyl sites for hydroxylation is 2. The van der Waals surface area contributed by atoms with Crippen molar-refractivity contribution in [3.63, 3.8) is 0 Å². The molecule has 0 saturated heterocycles. The fourth-order valence-electron chi connectivity index (χ4n) is 2.28. The number of thiophene rings is 1. The van der Waals surface area contributed by atoms with Crippen LogP contribution >= 0.6 is 23.1 Å². The number of carbonyl (C=O) groups is 1. The van der Waals surface area contributed by atoms with Gasteiger partial charge in [0.1, 0.15) is 0 Å². The molecule has 5 nitrogen and oxygen atoms in total. The Labute approximate surface area is 154 Å². The first-order valence-corrected chi connectivity index (χ1v) is 9.76. The van der Waals surface area contributed by atoms with E-state index in [1.807, 2.05) is 49.6 Å². The maximum Gasteiger partial charge on any atom is 0.277 e. The Morgan fingerprint density at radius 2 is 2.12 bits per heavy atom. The number of amides is 1. The van der Waals surface area contributed by atoms with Gasteiger partial charge in [0.15, 0.2) is 0 Å². The molecular formula is C18H19N3O2S2. The van der Waals surface area contributed by atoms with E-state index in [1.165, 1.54) is 22.9 Å². The number of hydrogen-bond acceptors (Lipinski definition) is 6. The zero-order valence-electron chi connectivity index (χ0n) is 14.3. The summed E-state index contributed by atoms with van der Waals surface area (Å²) in [5.74, 6) is 0.652. The molecule has 0 saturated carbocycles. The smallest absolute Gasteiger partial charge is 0.277 e. The number of hydrogen-bond donors (Lipinski definition) is 1. The van der Waals surface area contributed by atoms with Gasteiger partial charge < -0.3 is 9.73 Å². The molecule has 2 aromatic heterocycles. The number of thioether (sulfide) groups is 1. The summed E-state index contributed by atoms with van der Waals surface area (Å²) >= 11 is 2.87.